The van der Waals surface area contributed by atoms with Crippen LogP contribution in [0.2, 0.25) is 0 Å². The lowest BCUT2D eigenvalue weighted by molar-refractivity contribution is -0.137. The molecular weight excluding hydrogens is 338 g/mol. The van der Waals surface area contributed by atoms with E-state index in [1.54, 1.807) is 29.2 Å². The summed E-state index contributed by atoms with van der Waals surface area (Å²) in [7, 11) is 0. The van der Waals surface area contributed by atoms with Crippen LogP contribution >= 0.6 is 0 Å². The van der Waals surface area contributed by atoms with Gasteiger partial charge >= 0.3 is 11.9 Å². The Balaban J connectivity index is 2.82. The molecule has 0 aromatic carbocycles. The molecule has 0 saturated carbocycles. The molecule has 0 aliphatic carbocycles. The van der Waals surface area contributed by atoms with Crippen molar-refractivity contribution in [3.8, 4) is 12.1 Å². The molecule has 0 amide bonds. The van der Waals surface area contributed by atoms with Crippen molar-refractivity contribution >= 4 is 23.9 Å². The first-order valence-electron chi connectivity index (χ1n) is 7.49. The summed E-state index contributed by atoms with van der Waals surface area (Å²) in [5.41, 5.74) is -0.0997. The van der Waals surface area contributed by atoms with Crippen molar-refractivity contribution in [2.45, 2.75) is 0 Å². The fraction of sp³-hybridized carbons (Fsp3) is 0.222. The summed E-state index contributed by atoms with van der Waals surface area (Å²) in [5.74, 6) is -0.400. The maximum absolute atomic E-state index is 11.1. The Morgan fingerprint density at radius 2 is 1.62 bits per heavy atom. The summed E-state index contributed by atoms with van der Waals surface area (Å²) in [5, 5.41) is 17.6. The van der Waals surface area contributed by atoms with Gasteiger partial charge in [0.15, 0.2) is 5.88 Å². The molecule has 0 bridgehead atoms. The quantitative estimate of drug-likeness (QED) is 0.355. The maximum Gasteiger partial charge on any atom is 0.330 e. The highest BCUT2D eigenvalue weighted by Crippen LogP contribution is 2.20. The Labute approximate surface area is 150 Å². The Hall–Kier alpha value is -3.78. The molecule has 8 heteroatoms. The van der Waals surface area contributed by atoms with Gasteiger partial charge in [0.2, 0.25) is 0 Å². The number of nitriles is 2. The van der Waals surface area contributed by atoms with Crippen LogP contribution in [0.4, 0.5) is 5.88 Å². The van der Waals surface area contributed by atoms with Crippen LogP contribution in [0.25, 0.3) is 6.08 Å². The van der Waals surface area contributed by atoms with Crippen LogP contribution in [-0.4, -0.2) is 38.2 Å². The molecule has 1 aromatic rings. The van der Waals surface area contributed by atoms with Gasteiger partial charge in [-0.15, -0.1) is 0 Å². The molecule has 1 aromatic heterocycles. The zero-order chi connectivity index (χ0) is 19.4. The largest absolute Gasteiger partial charge is 0.461 e. The van der Waals surface area contributed by atoms with Gasteiger partial charge in [-0.1, -0.05) is 13.2 Å². The number of allylic oxidation sites excluding steroid dienone is 1. The average Bonchev–Trinajstić information content (AvgIpc) is 3.12. The van der Waals surface area contributed by atoms with Gasteiger partial charge in [0.05, 0.1) is 13.1 Å². The second-order valence-electron chi connectivity index (χ2n) is 4.69. The Morgan fingerprint density at radius 3 is 2.08 bits per heavy atom. The van der Waals surface area contributed by atoms with Crippen LogP contribution in [0, 0.1) is 22.7 Å². The molecule has 1 heterocycles. The number of rotatable bonds is 10. The van der Waals surface area contributed by atoms with Crippen LogP contribution in [0.15, 0.2) is 47.4 Å². The molecule has 0 aliphatic heterocycles. The molecule has 0 radical (unpaired) electrons. The summed E-state index contributed by atoms with van der Waals surface area (Å²) in [4.78, 5) is 23.9. The predicted molar refractivity (Wildman–Crippen MR) is 92.4 cm³/mol. The molecule has 0 atom stereocenters. The first-order valence-corrected chi connectivity index (χ1v) is 7.49. The zero-order valence-electron chi connectivity index (χ0n) is 14.0. The van der Waals surface area contributed by atoms with E-state index < -0.39 is 11.9 Å². The number of esters is 2. The number of carbonyl (C=O) groups is 2. The number of nitrogens with zero attached hydrogens (tertiary/aromatic N) is 3. The minimum Gasteiger partial charge on any atom is -0.461 e. The van der Waals surface area contributed by atoms with Gasteiger partial charge < -0.3 is 18.8 Å². The Bertz CT molecular complexity index is 737. The topological polar surface area (TPSA) is 117 Å². The molecule has 8 nitrogen and oxygen atoms in total. The second-order valence-corrected chi connectivity index (χ2v) is 4.69. The molecule has 0 aliphatic rings. The molecule has 0 N–H and O–H groups in total. The highest BCUT2D eigenvalue weighted by Gasteiger charge is 2.13. The van der Waals surface area contributed by atoms with Crippen molar-refractivity contribution < 1.29 is 23.5 Å². The molecule has 1 rings (SSSR count). The first-order chi connectivity index (χ1) is 12.5. The number of hydrogen-bond donors (Lipinski definition) is 0. The van der Waals surface area contributed by atoms with Crippen molar-refractivity contribution in [1.82, 2.24) is 0 Å². The van der Waals surface area contributed by atoms with Gasteiger partial charge in [-0.2, -0.15) is 10.5 Å². The van der Waals surface area contributed by atoms with Crippen LogP contribution in [0.5, 0.6) is 0 Å². The number of hydrogen-bond acceptors (Lipinski definition) is 8. The standard InChI is InChI=1S/C18H17N3O5/c1-3-17(22)24-9-7-21(8-10-25-18(23)4-2)16-6-5-15(26-16)11-14(12-19)13-20/h3-6,11H,1-2,7-10H2. The Morgan fingerprint density at radius 1 is 1.08 bits per heavy atom. The summed E-state index contributed by atoms with van der Waals surface area (Å²) >= 11 is 0. The highest BCUT2D eigenvalue weighted by atomic mass is 16.5. The lowest BCUT2D eigenvalue weighted by Gasteiger charge is -2.21. The van der Waals surface area contributed by atoms with Gasteiger partial charge in [0, 0.05) is 24.3 Å². The van der Waals surface area contributed by atoms with E-state index in [4.69, 9.17) is 24.4 Å². The third kappa shape index (κ3) is 6.77. The lowest BCUT2D eigenvalue weighted by Crippen LogP contribution is -2.31. The Kier molecular flexibility index (Phi) is 8.49. The summed E-state index contributed by atoms with van der Waals surface area (Å²) in [6, 6.07) is 6.69. The van der Waals surface area contributed by atoms with E-state index in [1.165, 1.54) is 6.08 Å². The van der Waals surface area contributed by atoms with Crippen molar-refractivity contribution in [2.75, 3.05) is 31.2 Å². The van der Waals surface area contributed by atoms with Crippen molar-refractivity contribution in [2.24, 2.45) is 0 Å². The van der Waals surface area contributed by atoms with E-state index in [1.807, 2.05) is 0 Å². The normalized spacial score (nSPS) is 9.15. The minimum absolute atomic E-state index is 0.0633. The fourth-order valence-electron chi connectivity index (χ4n) is 1.78. The average molecular weight is 355 g/mol. The van der Waals surface area contributed by atoms with E-state index in [0.29, 0.717) is 11.6 Å². The lowest BCUT2D eigenvalue weighted by atomic mass is 10.3. The van der Waals surface area contributed by atoms with Crippen molar-refractivity contribution in [1.29, 1.82) is 10.5 Å². The molecule has 0 saturated heterocycles. The first kappa shape index (κ1) is 20.3. The fourth-order valence-corrected chi connectivity index (χ4v) is 1.78. The van der Waals surface area contributed by atoms with Gasteiger partial charge in [-0.25, -0.2) is 9.59 Å². The van der Waals surface area contributed by atoms with Crippen molar-refractivity contribution in [3.63, 3.8) is 0 Å². The molecule has 0 fully saturated rings. The molecule has 0 spiro atoms. The molecule has 134 valence electrons. The van der Waals surface area contributed by atoms with Crippen LogP contribution in [0.1, 0.15) is 5.76 Å². The summed E-state index contributed by atoms with van der Waals surface area (Å²) in [6.07, 6.45) is 3.41. The number of ether oxygens (including phenoxy) is 2. The minimum atomic E-state index is -0.557. The van der Waals surface area contributed by atoms with Gasteiger partial charge in [-0.3, -0.25) is 0 Å². The number of carbonyl (C=O) groups excluding carboxylic acids is 2. The van der Waals surface area contributed by atoms with Gasteiger partial charge in [0.25, 0.3) is 0 Å². The SMILES string of the molecule is C=CC(=O)OCCN(CCOC(=O)C=C)c1ccc(C=C(C#N)C#N)o1. The number of anilines is 1. The smallest absolute Gasteiger partial charge is 0.330 e. The molecule has 0 unspecified atom stereocenters. The van der Waals surface area contributed by atoms with E-state index >= 15 is 0 Å². The predicted octanol–water partition coefficient (Wildman–Crippen LogP) is 1.97. The van der Waals surface area contributed by atoms with E-state index in [-0.39, 0.29) is 31.9 Å². The van der Waals surface area contributed by atoms with Crippen LogP contribution in [0.3, 0.4) is 0 Å². The third-order valence-electron chi connectivity index (χ3n) is 3.00. The second kappa shape index (κ2) is 10.9. The molecule has 26 heavy (non-hydrogen) atoms. The monoisotopic (exact) mass is 355 g/mol. The van der Waals surface area contributed by atoms with Gasteiger partial charge in [0.1, 0.15) is 36.7 Å². The van der Waals surface area contributed by atoms with Crippen LogP contribution < -0.4 is 4.90 Å². The summed E-state index contributed by atoms with van der Waals surface area (Å²) in [6.45, 7) is 7.28. The number of furan rings is 1. The van der Waals surface area contributed by atoms with E-state index in [9.17, 15) is 9.59 Å². The maximum atomic E-state index is 11.1. The summed E-state index contributed by atoms with van der Waals surface area (Å²) < 4.78 is 15.4. The highest BCUT2D eigenvalue weighted by molar-refractivity contribution is 5.81. The zero-order valence-corrected chi connectivity index (χ0v) is 14.0. The van der Waals surface area contributed by atoms with Gasteiger partial charge in [-0.05, 0) is 6.07 Å². The van der Waals surface area contributed by atoms with E-state index in [2.05, 4.69) is 13.2 Å². The third-order valence-corrected chi connectivity index (χ3v) is 3.00. The van der Waals surface area contributed by atoms with E-state index in [0.717, 1.165) is 12.2 Å². The molecular formula is C18H17N3O5. The van der Waals surface area contributed by atoms with Crippen LogP contribution in [-0.2, 0) is 19.1 Å². The van der Waals surface area contributed by atoms with Crippen molar-refractivity contribution in [3.05, 3.63) is 48.8 Å².